The van der Waals surface area contributed by atoms with Gasteiger partial charge in [0, 0.05) is 30.6 Å². The summed E-state index contributed by atoms with van der Waals surface area (Å²) in [6, 6.07) is 0.479. The van der Waals surface area contributed by atoms with Crippen LogP contribution < -0.4 is 5.32 Å². The molecule has 0 amide bonds. The number of ether oxygens (including phenoxy) is 2. The molecule has 0 radical (unpaired) electrons. The van der Waals surface area contributed by atoms with E-state index >= 15 is 0 Å². The number of nitrogens with one attached hydrogen (secondary N) is 1. The average molecular weight is 315 g/mol. The summed E-state index contributed by atoms with van der Waals surface area (Å²) in [4.78, 5) is 4.57. The second-order valence-corrected chi connectivity index (χ2v) is 7.47. The molecule has 2 fully saturated rings. The first-order valence-corrected chi connectivity index (χ1v) is 8.84. The van der Waals surface area contributed by atoms with E-state index < -0.39 is 0 Å². The van der Waals surface area contributed by atoms with Crippen molar-refractivity contribution >= 4 is 23.3 Å². The highest BCUT2D eigenvalue weighted by Crippen LogP contribution is 2.42. The van der Waals surface area contributed by atoms with Crippen molar-refractivity contribution in [2.24, 2.45) is 0 Å². The summed E-state index contributed by atoms with van der Waals surface area (Å²) in [5.74, 6) is 0.598. The summed E-state index contributed by atoms with van der Waals surface area (Å²) in [5.41, 5.74) is 0. The van der Waals surface area contributed by atoms with Crippen LogP contribution in [-0.2, 0) is 15.9 Å². The average Bonchev–Trinajstić information content (AvgIpc) is 3.09. The highest BCUT2D eigenvalue weighted by atomic mass is 32.2. The van der Waals surface area contributed by atoms with Gasteiger partial charge in [-0.3, -0.25) is 0 Å². The van der Waals surface area contributed by atoms with Gasteiger partial charge in [0.1, 0.15) is 5.82 Å². The first kappa shape index (κ1) is 14.7. The van der Waals surface area contributed by atoms with Crippen LogP contribution in [0.25, 0.3) is 0 Å². The van der Waals surface area contributed by atoms with Crippen LogP contribution in [0.3, 0.4) is 0 Å². The fourth-order valence-electron chi connectivity index (χ4n) is 2.88. The standard InChI is InChI=1S/C13H21N3O2S2/c1-3-11-15-12(20-16-11)19-10-8-13(17-6-7-18-13)5-4-9(10)14-2/h9-10,14H,3-8H2,1-2H3. The van der Waals surface area contributed by atoms with Crippen LogP contribution in [0, 0.1) is 0 Å². The van der Waals surface area contributed by atoms with Crippen molar-refractivity contribution < 1.29 is 9.47 Å². The van der Waals surface area contributed by atoms with Crippen LogP contribution in [0.1, 0.15) is 32.0 Å². The molecule has 1 N–H and O–H groups in total. The van der Waals surface area contributed by atoms with Gasteiger partial charge in [-0.1, -0.05) is 18.7 Å². The van der Waals surface area contributed by atoms with E-state index in [1.165, 1.54) is 11.5 Å². The molecule has 1 aliphatic heterocycles. The fourth-order valence-corrected chi connectivity index (χ4v) is 5.23. The predicted octanol–water partition coefficient (Wildman–Crippen LogP) is 2.08. The Kier molecular flexibility index (Phi) is 4.62. The molecule has 2 heterocycles. The number of hydrogen-bond acceptors (Lipinski definition) is 7. The second kappa shape index (κ2) is 6.27. The molecule has 1 saturated heterocycles. The van der Waals surface area contributed by atoms with E-state index in [1.807, 2.05) is 18.8 Å². The monoisotopic (exact) mass is 315 g/mol. The molecular weight excluding hydrogens is 294 g/mol. The summed E-state index contributed by atoms with van der Waals surface area (Å²) < 4.78 is 17.2. The van der Waals surface area contributed by atoms with E-state index in [9.17, 15) is 0 Å². The Morgan fingerprint density at radius 3 is 2.90 bits per heavy atom. The minimum atomic E-state index is -0.344. The van der Waals surface area contributed by atoms with E-state index in [1.54, 1.807) is 0 Å². The molecule has 2 atom stereocenters. The maximum atomic E-state index is 5.87. The van der Waals surface area contributed by atoms with Crippen LogP contribution in [0.2, 0.25) is 0 Å². The SMILES string of the molecule is CCc1nsc(SC2CC3(CCC2NC)OCCO3)n1. The number of aryl methyl sites for hydroxylation is 1. The lowest BCUT2D eigenvalue weighted by atomic mass is 9.89. The highest BCUT2D eigenvalue weighted by molar-refractivity contribution is 8.01. The third-order valence-corrected chi connectivity index (χ3v) is 6.15. The Hall–Kier alpha value is -0.210. The largest absolute Gasteiger partial charge is 0.347 e. The van der Waals surface area contributed by atoms with Gasteiger partial charge in [-0.05, 0) is 25.0 Å². The summed E-state index contributed by atoms with van der Waals surface area (Å²) in [7, 11) is 2.03. The second-order valence-electron chi connectivity index (χ2n) is 5.23. The Balaban J connectivity index is 1.70. The lowest BCUT2D eigenvalue weighted by Gasteiger charge is -2.40. The van der Waals surface area contributed by atoms with Gasteiger partial charge in [0.2, 0.25) is 0 Å². The van der Waals surface area contributed by atoms with Crippen LogP contribution in [0.15, 0.2) is 4.34 Å². The molecule has 2 unspecified atom stereocenters. The molecule has 1 saturated carbocycles. The Bertz CT molecular complexity index is 449. The minimum Gasteiger partial charge on any atom is -0.347 e. The van der Waals surface area contributed by atoms with Crippen molar-refractivity contribution in [1.82, 2.24) is 14.7 Å². The van der Waals surface area contributed by atoms with Crippen LogP contribution in [0.4, 0.5) is 0 Å². The molecule has 112 valence electrons. The van der Waals surface area contributed by atoms with Gasteiger partial charge in [-0.25, -0.2) is 4.98 Å². The van der Waals surface area contributed by atoms with Crippen molar-refractivity contribution in [3.63, 3.8) is 0 Å². The molecule has 1 spiro atoms. The van der Waals surface area contributed by atoms with Crippen molar-refractivity contribution in [3.05, 3.63) is 5.82 Å². The normalized spacial score (nSPS) is 29.1. The number of thioether (sulfide) groups is 1. The molecule has 0 bridgehead atoms. The zero-order valence-electron chi connectivity index (χ0n) is 11.9. The van der Waals surface area contributed by atoms with Gasteiger partial charge in [-0.15, -0.1) is 0 Å². The minimum absolute atomic E-state index is 0.344. The molecule has 2 aliphatic rings. The lowest BCUT2D eigenvalue weighted by molar-refractivity contribution is -0.177. The highest BCUT2D eigenvalue weighted by Gasteiger charge is 2.45. The third kappa shape index (κ3) is 3.01. The Morgan fingerprint density at radius 1 is 1.45 bits per heavy atom. The van der Waals surface area contributed by atoms with Gasteiger partial charge in [0.15, 0.2) is 10.1 Å². The lowest BCUT2D eigenvalue weighted by Crippen LogP contribution is -2.48. The molecule has 3 rings (SSSR count). The molecule has 1 aliphatic carbocycles. The van der Waals surface area contributed by atoms with Gasteiger partial charge < -0.3 is 14.8 Å². The Labute approximate surface area is 128 Å². The van der Waals surface area contributed by atoms with Gasteiger partial charge in [0.05, 0.1) is 13.2 Å². The molecule has 1 aromatic heterocycles. The molecule has 7 heteroatoms. The van der Waals surface area contributed by atoms with Gasteiger partial charge in [-0.2, -0.15) is 4.37 Å². The maximum absolute atomic E-state index is 5.87. The van der Waals surface area contributed by atoms with E-state index in [0.29, 0.717) is 11.3 Å². The summed E-state index contributed by atoms with van der Waals surface area (Å²) >= 11 is 3.32. The van der Waals surface area contributed by atoms with Gasteiger partial charge >= 0.3 is 0 Å². The number of nitrogens with zero attached hydrogens (tertiary/aromatic N) is 2. The number of aromatic nitrogens is 2. The fraction of sp³-hybridized carbons (Fsp3) is 0.846. The summed E-state index contributed by atoms with van der Waals surface area (Å²) in [5, 5.41) is 3.85. The first-order chi connectivity index (χ1) is 9.74. The molecule has 1 aromatic rings. The smallest absolute Gasteiger partial charge is 0.170 e. The zero-order chi connectivity index (χ0) is 14.0. The zero-order valence-corrected chi connectivity index (χ0v) is 13.6. The van der Waals surface area contributed by atoms with Crippen molar-refractivity contribution in [2.75, 3.05) is 20.3 Å². The summed E-state index contributed by atoms with van der Waals surface area (Å²) in [6.45, 7) is 3.53. The predicted molar refractivity (Wildman–Crippen MR) is 80.3 cm³/mol. The van der Waals surface area contributed by atoms with Gasteiger partial charge in [0.25, 0.3) is 0 Å². The van der Waals surface area contributed by atoms with Crippen molar-refractivity contribution in [1.29, 1.82) is 0 Å². The van der Waals surface area contributed by atoms with E-state index in [0.717, 1.165) is 49.1 Å². The van der Waals surface area contributed by atoms with E-state index in [4.69, 9.17) is 9.47 Å². The molecule has 20 heavy (non-hydrogen) atoms. The number of rotatable bonds is 4. The third-order valence-electron chi connectivity index (χ3n) is 4.00. The van der Waals surface area contributed by atoms with Crippen LogP contribution in [-0.4, -0.2) is 46.7 Å². The Morgan fingerprint density at radius 2 is 2.25 bits per heavy atom. The van der Waals surface area contributed by atoms with Crippen LogP contribution in [0.5, 0.6) is 0 Å². The van der Waals surface area contributed by atoms with Crippen LogP contribution >= 0.6 is 23.3 Å². The maximum Gasteiger partial charge on any atom is 0.170 e. The summed E-state index contributed by atoms with van der Waals surface area (Å²) in [6.07, 6.45) is 3.87. The number of hydrogen-bond donors (Lipinski definition) is 1. The van der Waals surface area contributed by atoms with E-state index in [2.05, 4.69) is 21.6 Å². The van der Waals surface area contributed by atoms with Crippen molar-refractivity contribution in [3.8, 4) is 0 Å². The quantitative estimate of drug-likeness (QED) is 0.918. The van der Waals surface area contributed by atoms with Crippen molar-refractivity contribution in [2.45, 2.75) is 54.0 Å². The molecular formula is C13H21N3O2S2. The first-order valence-electron chi connectivity index (χ1n) is 7.19. The topological polar surface area (TPSA) is 56.3 Å². The molecule has 0 aromatic carbocycles. The molecule has 5 nitrogen and oxygen atoms in total. The van der Waals surface area contributed by atoms with E-state index in [-0.39, 0.29) is 5.79 Å².